The van der Waals surface area contributed by atoms with Crippen molar-refractivity contribution in [1.29, 1.82) is 0 Å². The number of benzene rings is 1. The van der Waals surface area contributed by atoms with E-state index in [9.17, 15) is 9.50 Å². The first-order chi connectivity index (χ1) is 10.6. The van der Waals surface area contributed by atoms with Crippen molar-refractivity contribution >= 4 is 0 Å². The van der Waals surface area contributed by atoms with Gasteiger partial charge in [0.15, 0.2) is 0 Å². The molecule has 1 saturated heterocycles. The van der Waals surface area contributed by atoms with Crippen LogP contribution in [0.4, 0.5) is 4.39 Å². The molecule has 1 unspecified atom stereocenters. The molecular formula is C16H21FN4O. The molecule has 1 atom stereocenters. The Hall–Kier alpha value is -1.79. The summed E-state index contributed by atoms with van der Waals surface area (Å²) < 4.78 is 13.0. The first-order valence-corrected chi connectivity index (χ1v) is 7.63. The van der Waals surface area contributed by atoms with Crippen molar-refractivity contribution < 1.29 is 9.50 Å². The Balaban J connectivity index is 1.53. The van der Waals surface area contributed by atoms with E-state index in [4.69, 9.17) is 0 Å². The number of aliphatic hydroxyl groups excluding tert-OH is 1. The zero-order valence-corrected chi connectivity index (χ0v) is 12.7. The lowest BCUT2D eigenvalue weighted by atomic mass is 9.87. The second-order valence-electron chi connectivity index (χ2n) is 5.94. The van der Waals surface area contributed by atoms with Gasteiger partial charge in [-0.05, 0) is 49.5 Å². The third-order valence-corrected chi connectivity index (χ3v) is 4.32. The second kappa shape index (κ2) is 6.54. The van der Waals surface area contributed by atoms with E-state index >= 15 is 0 Å². The normalized spacial score (nSPS) is 18.5. The van der Waals surface area contributed by atoms with E-state index in [0.717, 1.165) is 43.7 Å². The maximum atomic E-state index is 13.0. The van der Waals surface area contributed by atoms with Gasteiger partial charge in [-0.25, -0.2) is 4.39 Å². The first kappa shape index (κ1) is 15.1. The third-order valence-electron chi connectivity index (χ3n) is 4.32. The SMILES string of the molecule is Cn1ncc(CN2CCC(C(O)c3ccc(F)cc3)CC2)n1. The summed E-state index contributed by atoms with van der Waals surface area (Å²) in [5.41, 5.74) is 1.77. The Labute approximate surface area is 129 Å². The highest BCUT2D eigenvalue weighted by Gasteiger charge is 2.26. The van der Waals surface area contributed by atoms with Crippen molar-refractivity contribution in [1.82, 2.24) is 19.9 Å². The molecule has 1 fully saturated rings. The van der Waals surface area contributed by atoms with E-state index < -0.39 is 6.10 Å². The number of hydrogen-bond donors (Lipinski definition) is 1. The number of aromatic nitrogens is 3. The highest BCUT2D eigenvalue weighted by Crippen LogP contribution is 2.31. The number of likely N-dealkylation sites (tertiary alicyclic amines) is 1. The molecule has 1 N–H and O–H groups in total. The molecule has 0 aliphatic carbocycles. The van der Waals surface area contributed by atoms with Gasteiger partial charge >= 0.3 is 0 Å². The Morgan fingerprint density at radius 3 is 2.55 bits per heavy atom. The molecule has 118 valence electrons. The monoisotopic (exact) mass is 304 g/mol. The summed E-state index contributed by atoms with van der Waals surface area (Å²) in [5.74, 6) is -0.0432. The fourth-order valence-electron chi connectivity index (χ4n) is 3.05. The minimum absolute atomic E-state index is 0.226. The summed E-state index contributed by atoms with van der Waals surface area (Å²) in [6.45, 7) is 2.66. The van der Waals surface area contributed by atoms with Crippen LogP contribution in [0, 0.1) is 11.7 Å². The van der Waals surface area contributed by atoms with Crippen LogP contribution in [0.15, 0.2) is 30.5 Å². The van der Waals surface area contributed by atoms with Gasteiger partial charge in [0.2, 0.25) is 0 Å². The quantitative estimate of drug-likeness (QED) is 0.937. The van der Waals surface area contributed by atoms with Crippen LogP contribution < -0.4 is 0 Å². The van der Waals surface area contributed by atoms with Gasteiger partial charge in [0.05, 0.1) is 18.0 Å². The standard InChI is InChI=1S/C16H21FN4O/c1-20-18-10-15(19-20)11-21-8-6-13(7-9-21)16(22)12-2-4-14(17)5-3-12/h2-5,10,13,16,22H,6-9,11H2,1H3. The average molecular weight is 304 g/mol. The van der Waals surface area contributed by atoms with Crippen molar-refractivity contribution in [2.75, 3.05) is 13.1 Å². The molecule has 1 aromatic carbocycles. The van der Waals surface area contributed by atoms with E-state index in [1.165, 1.54) is 12.1 Å². The molecule has 1 aromatic heterocycles. The maximum Gasteiger partial charge on any atom is 0.123 e. The molecule has 22 heavy (non-hydrogen) atoms. The molecule has 2 heterocycles. The van der Waals surface area contributed by atoms with Crippen molar-refractivity contribution in [3.05, 3.63) is 47.5 Å². The maximum absolute atomic E-state index is 13.0. The van der Waals surface area contributed by atoms with E-state index in [2.05, 4.69) is 15.1 Å². The van der Waals surface area contributed by atoms with E-state index in [0.29, 0.717) is 0 Å². The summed E-state index contributed by atoms with van der Waals surface area (Å²) >= 11 is 0. The van der Waals surface area contributed by atoms with Crippen LogP contribution in [0.25, 0.3) is 0 Å². The summed E-state index contributed by atoms with van der Waals surface area (Å²) in [6.07, 6.45) is 3.14. The highest BCUT2D eigenvalue weighted by molar-refractivity contribution is 5.19. The number of piperidine rings is 1. The number of aryl methyl sites for hydroxylation is 1. The van der Waals surface area contributed by atoms with Gasteiger partial charge in [-0.3, -0.25) is 4.90 Å². The number of hydrogen-bond acceptors (Lipinski definition) is 4. The Morgan fingerprint density at radius 2 is 1.95 bits per heavy atom. The topological polar surface area (TPSA) is 54.2 Å². The van der Waals surface area contributed by atoms with E-state index in [1.54, 1.807) is 23.1 Å². The average Bonchev–Trinajstić information content (AvgIpc) is 2.93. The minimum Gasteiger partial charge on any atom is -0.388 e. The summed E-state index contributed by atoms with van der Waals surface area (Å²) in [7, 11) is 1.81. The molecule has 3 rings (SSSR count). The van der Waals surface area contributed by atoms with Crippen molar-refractivity contribution in [3.8, 4) is 0 Å². The molecule has 0 bridgehead atoms. The van der Waals surface area contributed by atoms with Crippen LogP contribution in [-0.2, 0) is 13.6 Å². The minimum atomic E-state index is -0.515. The number of aliphatic hydroxyl groups is 1. The summed E-state index contributed by atoms with van der Waals surface area (Å²) in [5, 5.41) is 18.8. The lowest BCUT2D eigenvalue weighted by Gasteiger charge is -2.33. The third kappa shape index (κ3) is 3.51. The number of halogens is 1. The van der Waals surface area contributed by atoms with Crippen LogP contribution in [0.2, 0.25) is 0 Å². The highest BCUT2D eigenvalue weighted by atomic mass is 19.1. The van der Waals surface area contributed by atoms with Gasteiger partial charge in [-0.2, -0.15) is 15.0 Å². The van der Waals surface area contributed by atoms with Gasteiger partial charge in [0.1, 0.15) is 5.82 Å². The van der Waals surface area contributed by atoms with Crippen LogP contribution in [0.5, 0.6) is 0 Å². The van der Waals surface area contributed by atoms with Gasteiger partial charge in [0.25, 0.3) is 0 Å². The molecule has 1 aliphatic rings. The molecule has 6 heteroatoms. The summed E-state index contributed by atoms with van der Waals surface area (Å²) in [4.78, 5) is 3.90. The zero-order chi connectivity index (χ0) is 15.5. The van der Waals surface area contributed by atoms with Crippen molar-refractivity contribution in [3.63, 3.8) is 0 Å². The Kier molecular flexibility index (Phi) is 4.49. The number of rotatable bonds is 4. The van der Waals surface area contributed by atoms with E-state index in [1.807, 2.05) is 7.05 Å². The lowest BCUT2D eigenvalue weighted by molar-refractivity contribution is 0.0563. The van der Waals surface area contributed by atoms with Crippen molar-refractivity contribution in [2.45, 2.75) is 25.5 Å². The fraction of sp³-hybridized carbons (Fsp3) is 0.500. The predicted molar refractivity (Wildman–Crippen MR) is 80.4 cm³/mol. The molecule has 2 aromatic rings. The largest absolute Gasteiger partial charge is 0.388 e. The van der Waals surface area contributed by atoms with Crippen LogP contribution in [0.1, 0.15) is 30.2 Å². The first-order valence-electron chi connectivity index (χ1n) is 7.63. The number of nitrogens with zero attached hydrogens (tertiary/aromatic N) is 4. The molecule has 0 spiro atoms. The Morgan fingerprint density at radius 1 is 1.27 bits per heavy atom. The second-order valence-corrected chi connectivity index (χ2v) is 5.94. The predicted octanol–water partition coefficient (Wildman–Crippen LogP) is 1.90. The molecule has 5 nitrogen and oxygen atoms in total. The molecule has 0 amide bonds. The molecule has 0 radical (unpaired) electrons. The zero-order valence-electron chi connectivity index (χ0n) is 12.7. The summed E-state index contributed by atoms with van der Waals surface area (Å²) in [6, 6.07) is 6.15. The Bertz CT molecular complexity index is 605. The van der Waals surface area contributed by atoms with E-state index in [-0.39, 0.29) is 11.7 Å². The van der Waals surface area contributed by atoms with Gasteiger partial charge in [-0.1, -0.05) is 12.1 Å². The fourth-order valence-corrected chi connectivity index (χ4v) is 3.05. The van der Waals surface area contributed by atoms with Crippen LogP contribution >= 0.6 is 0 Å². The molecule has 1 aliphatic heterocycles. The lowest BCUT2D eigenvalue weighted by Crippen LogP contribution is -2.35. The van der Waals surface area contributed by atoms with Crippen LogP contribution in [-0.4, -0.2) is 38.1 Å². The van der Waals surface area contributed by atoms with Gasteiger partial charge < -0.3 is 5.11 Å². The van der Waals surface area contributed by atoms with Gasteiger partial charge in [-0.15, -0.1) is 0 Å². The molecular weight excluding hydrogens is 283 g/mol. The molecule has 0 saturated carbocycles. The van der Waals surface area contributed by atoms with Gasteiger partial charge in [0, 0.05) is 13.6 Å². The smallest absolute Gasteiger partial charge is 0.123 e. The van der Waals surface area contributed by atoms with Crippen molar-refractivity contribution in [2.24, 2.45) is 13.0 Å². The van der Waals surface area contributed by atoms with Crippen LogP contribution in [0.3, 0.4) is 0 Å².